The molecule has 1 amide bonds. The Morgan fingerprint density at radius 3 is 2.62 bits per heavy atom. The lowest BCUT2D eigenvalue weighted by Gasteiger charge is -2.27. The number of benzene rings is 1. The fraction of sp³-hybridized carbons (Fsp3) is 0.438. The van der Waals surface area contributed by atoms with E-state index in [1.807, 2.05) is 30.3 Å². The van der Waals surface area contributed by atoms with E-state index < -0.39 is 12.0 Å². The lowest BCUT2D eigenvalue weighted by atomic mass is 9.83. The van der Waals surface area contributed by atoms with Crippen molar-refractivity contribution in [3.05, 3.63) is 35.9 Å². The van der Waals surface area contributed by atoms with Gasteiger partial charge in [-0.3, -0.25) is 9.59 Å². The molecule has 0 bridgehead atoms. The summed E-state index contributed by atoms with van der Waals surface area (Å²) in [7, 11) is 0. The molecule has 2 rings (SSSR count). The second-order valence-electron chi connectivity index (χ2n) is 5.44. The van der Waals surface area contributed by atoms with E-state index in [1.165, 1.54) is 0 Å². The fourth-order valence-corrected chi connectivity index (χ4v) is 2.73. The van der Waals surface area contributed by atoms with Gasteiger partial charge in [-0.25, -0.2) is 4.79 Å². The zero-order chi connectivity index (χ0) is 15.2. The highest BCUT2D eigenvalue weighted by molar-refractivity contribution is 5.86. The summed E-state index contributed by atoms with van der Waals surface area (Å²) in [5, 5.41) is 11.9. The number of ketones is 1. The van der Waals surface area contributed by atoms with E-state index in [4.69, 9.17) is 0 Å². The molecule has 1 aromatic carbocycles. The van der Waals surface area contributed by atoms with Gasteiger partial charge in [-0.2, -0.15) is 0 Å². The average Bonchev–Trinajstić information content (AvgIpc) is 2.45. The lowest BCUT2D eigenvalue weighted by Crippen LogP contribution is -2.47. The van der Waals surface area contributed by atoms with Gasteiger partial charge in [-0.1, -0.05) is 30.3 Å². The number of carbonyl (C=O) groups excluding carboxylic acids is 2. The van der Waals surface area contributed by atoms with Crippen LogP contribution in [0.2, 0.25) is 0 Å². The quantitative estimate of drug-likeness (QED) is 0.861. The topological polar surface area (TPSA) is 83.5 Å². The molecule has 2 atom stereocenters. The first-order valence-corrected chi connectivity index (χ1v) is 7.14. The van der Waals surface area contributed by atoms with Crippen molar-refractivity contribution >= 4 is 17.7 Å². The second-order valence-corrected chi connectivity index (χ2v) is 5.44. The molecule has 21 heavy (non-hydrogen) atoms. The molecular formula is C16H19NO4. The molecule has 1 saturated carbocycles. The van der Waals surface area contributed by atoms with Gasteiger partial charge in [-0.15, -0.1) is 0 Å². The molecule has 5 nitrogen and oxygen atoms in total. The molecule has 0 radical (unpaired) electrons. The molecule has 1 aromatic rings. The number of carboxylic acids is 1. The summed E-state index contributed by atoms with van der Waals surface area (Å²) in [6.45, 7) is 0. The molecule has 0 unspecified atom stereocenters. The maximum Gasteiger partial charge on any atom is 0.326 e. The van der Waals surface area contributed by atoms with Crippen LogP contribution >= 0.6 is 0 Å². The minimum absolute atomic E-state index is 0.0785. The molecule has 112 valence electrons. The van der Waals surface area contributed by atoms with Gasteiger partial charge in [0.2, 0.25) is 5.91 Å². The van der Waals surface area contributed by atoms with E-state index in [9.17, 15) is 19.5 Å². The molecule has 0 aliphatic heterocycles. The van der Waals surface area contributed by atoms with Crippen LogP contribution in [0.4, 0.5) is 0 Å². The highest BCUT2D eigenvalue weighted by atomic mass is 16.4. The second kappa shape index (κ2) is 7.02. The zero-order valence-electron chi connectivity index (χ0n) is 11.7. The molecule has 2 N–H and O–H groups in total. The van der Waals surface area contributed by atoms with Crippen molar-refractivity contribution < 1.29 is 19.5 Å². The highest BCUT2D eigenvalue weighted by Gasteiger charge is 2.33. The van der Waals surface area contributed by atoms with Gasteiger partial charge in [0.15, 0.2) is 0 Å². The summed E-state index contributed by atoms with van der Waals surface area (Å²) in [6.07, 6.45) is 2.25. The number of Topliss-reactive ketones (excluding diaryl/α,β-unsaturated/α-hetero) is 1. The monoisotopic (exact) mass is 289 g/mol. The standard InChI is InChI=1S/C16H19NO4/c18-13-8-4-7-12(10-13)15(16(20)21)17-14(19)9-11-5-2-1-3-6-11/h1-3,5-6,12,15H,4,7-10H2,(H,17,19)(H,20,21)/t12-,15+/m0/s1. The van der Waals surface area contributed by atoms with Crippen molar-refractivity contribution in [3.63, 3.8) is 0 Å². The molecule has 1 aliphatic rings. The smallest absolute Gasteiger partial charge is 0.326 e. The van der Waals surface area contributed by atoms with Crippen molar-refractivity contribution in [1.29, 1.82) is 0 Å². The van der Waals surface area contributed by atoms with Gasteiger partial charge in [0, 0.05) is 12.8 Å². The lowest BCUT2D eigenvalue weighted by molar-refractivity contribution is -0.144. The van der Waals surface area contributed by atoms with Gasteiger partial charge in [0.05, 0.1) is 6.42 Å². The SMILES string of the molecule is O=C1CCC[C@H]([C@@H](NC(=O)Cc2ccccc2)C(=O)O)C1. The van der Waals surface area contributed by atoms with E-state index in [2.05, 4.69) is 5.32 Å². The Bertz CT molecular complexity index is 526. The largest absolute Gasteiger partial charge is 0.480 e. The van der Waals surface area contributed by atoms with Crippen LogP contribution in [-0.4, -0.2) is 28.8 Å². The normalized spacial score (nSPS) is 19.8. The Kier molecular flexibility index (Phi) is 5.09. The van der Waals surface area contributed by atoms with Crippen LogP contribution in [0.25, 0.3) is 0 Å². The number of rotatable bonds is 5. The minimum Gasteiger partial charge on any atom is -0.480 e. The van der Waals surface area contributed by atoms with Crippen LogP contribution in [0.3, 0.4) is 0 Å². The molecule has 0 saturated heterocycles. The number of hydrogen-bond acceptors (Lipinski definition) is 3. The molecular weight excluding hydrogens is 270 g/mol. The van der Waals surface area contributed by atoms with E-state index in [-0.39, 0.29) is 30.4 Å². The Hall–Kier alpha value is -2.17. The first kappa shape index (κ1) is 15.2. The van der Waals surface area contributed by atoms with Crippen molar-refractivity contribution in [2.24, 2.45) is 5.92 Å². The summed E-state index contributed by atoms with van der Waals surface area (Å²) in [5.41, 5.74) is 0.832. The predicted octanol–water partition coefficient (Wildman–Crippen LogP) is 1.56. The van der Waals surface area contributed by atoms with E-state index in [1.54, 1.807) is 0 Å². The zero-order valence-corrected chi connectivity index (χ0v) is 11.7. The average molecular weight is 289 g/mol. The molecule has 5 heteroatoms. The van der Waals surface area contributed by atoms with Crippen molar-refractivity contribution in [1.82, 2.24) is 5.32 Å². The number of carbonyl (C=O) groups is 3. The third-order valence-electron chi connectivity index (χ3n) is 3.78. The summed E-state index contributed by atoms with van der Waals surface area (Å²) in [4.78, 5) is 34.8. The Morgan fingerprint density at radius 1 is 1.29 bits per heavy atom. The van der Waals surface area contributed by atoms with Crippen molar-refractivity contribution in [3.8, 4) is 0 Å². The summed E-state index contributed by atoms with van der Waals surface area (Å²) in [6, 6.07) is 8.17. The molecule has 0 aromatic heterocycles. The van der Waals surface area contributed by atoms with Crippen LogP contribution in [0.5, 0.6) is 0 Å². The Morgan fingerprint density at radius 2 is 2.00 bits per heavy atom. The molecule has 0 heterocycles. The number of hydrogen-bond donors (Lipinski definition) is 2. The first-order chi connectivity index (χ1) is 10.1. The van der Waals surface area contributed by atoms with Crippen LogP contribution in [0, 0.1) is 5.92 Å². The fourth-order valence-electron chi connectivity index (χ4n) is 2.73. The van der Waals surface area contributed by atoms with Crippen LogP contribution in [0.1, 0.15) is 31.2 Å². The van der Waals surface area contributed by atoms with Gasteiger partial charge >= 0.3 is 5.97 Å². The number of nitrogens with one attached hydrogen (secondary N) is 1. The van der Waals surface area contributed by atoms with Crippen LogP contribution in [-0.2, 0) is 20.8 Å². The van der Waals surface area contributed by atoms with Gasteiger partial charge < -0.3 is 10.4 Å². The number of aliphatic carboxylic acids is 1. The summed E-state index contributed by atoms with van der Waals surface area (Å²) >= 11 is 0. The van der Waals surface area contributed by atoms with Crippen molar-refractivity contribution in [2.45, 2.75) is 38.1 Å². The predicted molar refractivity (Wildman–Crippen MR) is 76.7 cm³/mol. The van der Waals surface area contributed by atoms with E-state index in [0.29, 0.717) is 19.3 Å². The maximum atomic E-state index is 12.0. The van der Waals surface area contributed by atoms with Gasteiger partial charge in [0.1, 0.15) is 11.8 Å². The number of amides is 1. The number of carboxylic acid groups (broad SMARTS) is 1. The maximum absolute atomic E-state index is 12.0. The van der Waals surface area contributed by atoms with Crippen LogP contribution in [0.15, 0.2) is 30.3 Å². The molecule has 1 fully saturated rings. The summed E-state index contributed by atoms with van der Waals surface area (Å²) in [5.74, 6) is -1.62. The Labute approximate surface area is 123 Å². The third-order valence-corrected chi connectivity index (χ3v) is 3.78. The molecule has 0 spiro atoms. The van der Waals surface area contributed by atoms with Crippen molar-refractivity contribution in [2.75, 3.05) is 0 Å². The van der Waals surface area contributed by atoms with Gasteiger partial charge in [0.25, 0.3) is 0 Å². The van der Waals surface area contributed by atoms with E-state index >= 15 is 0 Å². The van der Waals surface area contributed by atoms with Gasteiger partial charge in [-0.05, 0) is 24.3 Å². The van der Waals surface area contributed by atoms with Crippen LogP contribution < -0.4 is 5.32 Å². The highest BCUT2D eigenvalue weighted by Crippen LogP contribution is 2.24. The van der Waals surface area contributed by atoms with E-state index in [0.717, 1.165) is 5.56 Å². The first-order valence-electron chi connectivity index (χ1n) is 7.14. The summed E-state index contributed by atoms with van der Waals surface area (Å²) < 4.78 is 0. The third kappa shape index (κ3) is 4.41. The molecule has 1 aliphatic carbocycles. The Balaban J connectivity index is 1.97. The minimum atomic E-state index is -1.07.